The number of rotatable bonds is 3. The molecule has 0 N–H and O–H groups in total. The second-order valence-electron chi connectivity index (χ2n) is 9.47. The molecule has 2 amide bonds. The minimum Gasteiger partial charge on any atom is -0.292 e. The van der Waals surface area contributed by atoms with Crippen LogP contribution < -0.4 is 4.90 Å². The van der Waals surface area contributed by atoms with Gasteiger partial charge in [0.2, 0.25) is 11.8 Å². The number of hydrogen-bond acceptors (Lipinski definition) is 5. The van der Waals surface area contributed by atoms with Crippen LogP contribution in [0.15, 0.2) is 102 Å². The van der Waals surface area contributed by atoms with Gasteiger partial charge in [-0.15, -0.1) is 0 Å². The largest absolute Gasteiger partial charge is 0.292 e. The van der Waals surface area contributed by atoms with E-state index in [-0.39, 0.29) is 17.6 Å². The number of amides is 2. The van der Waals surface area contributed by atoms with Gasteiger partial charge in [0.1, 0.15) is 6.04 Å². The Bertz CT molecular complexity index is 1600. The van der Waals surface area contributed by atoms with Crippen LogP contribution in [-0.4, -0.2) is 34.9 Å². The molecule has 36 heavy (non-hydrogen) atoms. The molecule has 2 fully saturated rings. The number of fused-ring (bicyclic) bond motifs is 6. The summed E-state index contributed by atoms with van der Waals surface area (Å²) in [7, 11) is 0. The van der Waals surface area contributed by atoms with Crippen LogP contribution in [0.25, 0.3) is 10.8 Å². The van der Waals surface area contributed by atoms with Crippen molar-refractivity contribution in [3.8, 4) is 0 Å². The van der Waals surface area contributed by atoms with Crippen molar-refractivity contribution in [2.24, 2.45) is 16.9 Å². The number of nitrogens with zero attached hydrogens (tertiary/aromatic N) is 3. The molecule has 4 atom stereocenters. The highest BCUT2D eigenvalue weighted by Gasteiger charge is 2.65. The van der Waals surface area contributed by atoms with E-state index in [1.54, 1.807) is 41.6 Å². The van der Waals surface area contributed by atoms with Gasteiger partial charge in [0.25, 0.3) is 0 Å². The van der Waals surface area contributed by atoms with E-state index in [1.165, 1.54) is 4.90 Å². The number of Topliss-reactive ketones (excluding diaryl/α,β-unsaturated/α-hetero) is 1. The molecule has 0 aromatic heterocycles. The standard InChI is InChI=1S/C30H21N3O3/c34-28(19-9-2-1-3-10-19)27-25-24(26-23-13-7-6-12-21(23)17-31-33(26)27)29(35)32(30(25)36)22-15-14-18-8-4-5-11-20(18)16-22/h1-17,24-27H/t24-,25+,26-,27-/m0/s1. The maximum absolute atomic E-state index is 14.0. The van der Waals surface area contributed by atoms with Crippen molar-refractivity contribution in [1.29, 1.82) is 0 Å². The van der Waals surface area contributed by atoms with Crippen LogP contribution in [0.1, 0.15) is 27.5 Å². The normalized spacial score (nSPS) is 24.1. The topological polar surface area (TPSA) is 70.0 Å². The molecule has 6 nitrogen and oxygen atoms in total. The highest BCUT2D eigenvalue weighted by molar-refractivity contribution is 6.25. The molecule has 3 aliphatic rings. The van der Waals surface area contributed by atoms with Crippen LogP contribution >= 0.6 is 0 Å². The molecule has 0 radical (unpaired) electrons. The summed E-state index contributed by atoms with van der Waals surface area (Å²) in [5.74, 6) is -2.38. The van der Waals surface area contributed by atoms with Gasteiger partial charge in [-0.05, 0) is 34.0 Å². The summed E-state index contributed by atoms with van der Waals surface area (Å²) in [6, 6.07) is 28.7. The molecule has 0 unspecified atom stereocenters. The SMILES string of the molecule is O=C(c1ccccc1)[C@@H]1[C@@H]2C(=O)N(c3ccc4ccccc4c3)C(=O)[C@@H]2[C@@H]2c3ccccc3C=NN12. The first kappa shape index (κ1) is 20.8. The zero-order chi connectivity index (χ0) is 24.4. The van der Waals surface area contributed by atoms with Crippen LogP contribution in [0.2, 0.25) is 0 Å². The lowest BCUT2D eigenvalue weighted by Crippen LogP contribution is -2.44. The summed E-state index contributed by atoms with van der Waals surface area (Å²) in [5.41, 5.74) is 2.84. The van der Waals surface area contributed by atoms with Crippen LogP contribution in [0.5, 0.6) is 0 Å². The van der Waals surface area contributed by atoms with Gasteiger partial charge < -0.3 is 0 Å². The van der Waals surface area contributed by atoms with Gasteiger partial charge in [-0.1, -0.05) is 84.9 Å². The zero-order valence-electron chi connectivity index (χ0n) is 19.2. The second kappa shape index (κ2) is 7.71. The Morgan fingerprint density at radius 2 is 1.42 bits per heavy atom. The van der Waals surface area contributed by atoms with Gasteiger partial charge in [-0.3, -0.25) is 19.4 Å². The van der Waals surface area contributed by atoms with Gasteiger partial charge in [0.15, 0.2) is 5.78 Å². The number of hydrogen-bond donors (Lipinski definition) is 0. The molecule has 3 aliphatic heterocycles. The zero-order valence-corrected chi connectivity index (χ0v) is 19.2. The number of carbonyl (C=O) groups excluding carboxylic acids is 3. The molecule has 0 spiro atoms. The number of anilines is 1. The van der Waals surface area contributed by atoms with Crippen molar-refractivity contribution in [2.75, 3.05) is 4.90 Å². The Balaban J connectivity index is 1.38. The lowest BCUT2D eigenvalue weighted by Gasteiger charge is -2.33. The monoisotopic (exact) mass is 471 g/mol. The molecule has 2 saturated heterocycles. The maximum atomic E-state index is 14.0. The van der Waals surface area contributed by atoms with E-state index in [4.69, 9.17) is 0 Å². The quantitative estimate of drug-likeness (QED) is 0.323. The molecule has 4 aromatic carbocycles. The average Bonchev–Trinajstić information content (AvgIpc) is 3.40. The molecule has 3 heterocycles. The minimum atomic E-state index is -0.867. The highest BCUT2D eigenvalue weighted by Crippen LogP contribution is 2.53. The lowest BCUT2D eigenvalue weighted by atomic mass is 9.83. The number of carbonyl (C=O) groups is 3. The molecule has 7 rings (SSSR count). The Labute approximate surface area is 207 Å². The maximum Gasteiger partial charge on any atom is 0.240 e. The van der Waals surface area contributed by atoms with E-state index in [0.29, 0.717) is 11.3 Å². The van der Waals surface area contributed by atoms with E-state index in [2.05, 4.69) is 5.10 Å². The van der Waals surface area contributed by atoms with Gasteiger partial charge in [0, 0.05) is 5.56 Å². The number of benzene rings is 4. The van der Waals surface area contributed by atoms with Crippen molar-refractivity contribution in [1.82, 2.24) is 5.01 Å². The number of hydrazone groups is 1. The molecule has 0 saturated carbocycles. The summed E-state index contributed by atoms with van der Waals surface area (Å²) in [6.45, 7) is 0. The lowest BCUT2D eigenvalue weighted by molar-refractivity contribution is -0.124. The van der Waals surface area contributed by atoms with E-state index in [1.807, 2.05) is 66.7 Å². The van der Waals surface area contributed by atoms with Gasteiger partial charge in [-0.25, -0.2) is 4.90 Å². The number of imide groups is 1. The van der Waals surface area contributed by atoms with E-state index >= 15 is 0 Å². The average molecular weight is 472 g/mol. The third kappa shape index (κ3) is 2.84. The van der Waals surface area contributed by atoms with Gasteiger partial charge >= 0.3 is 0 Å². The Morgan fingerprint density at radius 1 is 0.722 bits per heavy atom. The van der Waals surface area contributed by atoms with Crippen LogP contribution in [-0.2, 0) is 9.59 Å². The van der Waals surface area contributed by atoms with Crippen molar-refractivity contribution in [3.63, 3.8) is 0 Å². The third-order valence-corrected chi connectivity index (χ3v) is 7.61. The van der Waals surface area contributed by atoms with Crippen molar-refractivity contribution < 1.29 is 14.4 Å². The fraction of sp³-hybridized carbons (Fsp3) is 0.133. The Hall–Kier alpha value is -4.58. The molecule has 4 aromatic rings. The summed E-state index contributed by atoms with van der Waals surface area (Å²) < 4.78 is 0. The van der Waals surface area contributed by atoms with Crippen LogP contribution in [0.4, 0.5) is 5.69 Å². The first-order chi connectivity index (χ1) is 17.6. The third-order valence-electron chi connectivity index (χ3n) is 7.61. The fourth-order valence-electron chi connectivity index (χ4n) is 6.01. The number of ketones is 1. The second-order valence-corrected chi connectivity index (χ2v) is 9.47. The van der Waals surface area contributed by atoms with Crippen molar-refractivity contribution >= 4 is 40.3 Å². The fourth-order valence-corrected chi connectivity index (χ4v) is 6.01. The summed E-state index contributed by atoms with van der Waals surface area (Å²) in [4.78, 5) is 43.1. The summed E-state index contributed by atoms with van der Waals surface area (Å²) in [5, 5.41) is 8.28. The predicted octanol–water partition coefficient (Wildman–Crippen LogP) is 4.60. The predicted molar refractivity (Wildman–Crippen MR) is 137 cm³/mol. The van der Waals surface area contributed by atoms with E-state index in [9.17, 15) is 14.4 Å². The first-order valence-corrected chi connectivity index (χ1v) is 12.0. The van der Waals surface area contributed by atoms with Gasteiger partial charge in [0.05, 0.1) is 29.8 Å². The van der Waals surface area contributed by atoms with E-state index in [0.717, 1.165) is 21.9 Å². The highest BCUT2D eigenvalue weighted by atomic mass is 16.2. The molecular formula is C30H21N3O3. The molecule has 6 heteroatoms. The Kier molecular flexibility index (Phi) is 4.45. The van der Waals surface area contributed by atoms with Gasteiger partial charge in [-0.2, -0.15) is 5.10 Å². The molecule has 0 aliphatic carbocycles. The summed E-state index contributed by atoms with van der Waals surface area (Å²) >= 11 is 0. The molecule has 174 valence electrons. The Morgan fingerprint density at radius 3 is 2.25 bits per heavy atom. The first-order valence-electron chi connectivity index (χ1n) is 12.0. The van der Waals surface area contributed by atoms with Crippen molar-refractivity contribution in [2.45, 2.75) is 12.1 Å². The smallest absolute Gasteiger partial charge is 0.240 e. The van der Waals surface area contributed by atoms with Crippen molar-refractivity contribution in [3.05, 3.63) is 114 Å². The minimum absolute atomic E-state index is 0.203. The molecule has 0 bridgehead atoms. The van der Waals surface area contributed by atoms with Crippen LogP contribution in [0.3, 0.4) is 0 Å². The van der Waals surface area contributed by atoms with E-state index < -0.39 is 23.9 Å². The molecular weight excluding hydrogens is 450 g/mol. The van der Waals surface area contributed by atoms with Crippen LogP contribution in [0, 0.1) is 11.8 Å². The summed E-state index contributed by atoms with van der Waals surface area (Å²) in [6.07, 6.45) is 1.72.